The van der Waals surface area contributed by atoms with Crippen molar-refractivity contribution in [3.05, 3.63) is 70.9 Å². The normalized spacial score (nSPS) is 14.8. The Morgan fingerprint density at radius 2 is 1.77 bits per heavy atom. The molecule has 2 heterocycles. The van der Waals surface area contributed by atoms with Gasteiger partial charge in [-0.1, -0.05) is 30.3 Å². The summed E-state index contributed by atoms with van der Waals surface area (Å²) in [6, 6.07) is 16.6. The number of benzene rings is 2. The van der Waals surface area contributed by atoms with E-state index in [1.807, 2.05) is 17.0 Å². The van der Waals surface area contributed by atoms with Crippen molar-refractivity contribution < 1.29 is 9.53 Å². The Kier molecular flexibility index (Phi) is 4.51. The average Bonchev–Trinajstić information content (AvgIpc) is 2.93. The van der Waals surface area contributed by atoms with E-state index in [4.69, 9.17) is 4.74 Å². The SMILES string of the molecule is Cc1c(C)n(Cc2ccccc2)c2ccc(C(=O)N3CCOCC3)cc12. The number of amides is 1. The molecule has 1 fully saturated rings. The third kappa shape index (κ3) is 3.01. The summed E-state index contributed by atoms with van der Waals surface area (Å²) in [5.74, 6) is 0.100. The number of rotatable bonds is 3. The van der Waals surface area contributed by atoms with Gasteiger partial charge in [-0.15, -0.1) is 0 Å². The molecule has 4 rings (SSSR count). The number of nitrogens with zero attached hydrogens (tertiary/aromatic N) is 2. The fourth-order valence-corrected chi connectivity index (χ4v) is 3.70. The van der Waals surface area contributed by atoms with Gasteiger partial charge in [0.05, 0.1) is 13.2 Å². The summed E-state index contributed by atoms with van der Waals surface area (Å²) in [6.07, 6.45) is 0. The van der Waals surface area contributed by atoms with Crippen LogP contribution in [0.2, 0.25) is 0 Å². The quantitative estimate of drug-likeness (QED) is 0.722. The Morgan fingerprint density at radius 3 is 2.50 bits per heavy atom. The van der Waals surface area contributed by atoms with Gasteiger partial charge in [0.1, 0.15) is 0 Å². The van der Waals surface area contributed by atoms with Gasteiger partial charge in [0.15, 0.2) is 0 Å². The summed E-state index contributed by atoms with van der Waals surface area (Å²) < 4.78 is 7.69. The van der Waals surface area contributed by atoms with Crippen molar-refractivity contribution in [3.8, 4) is 0 Å². The van der Waals surface area contributed by atoms with Gasteiger partial charge in [-0.3, -0.25) is 4.79 Å². The minimum absolute atomic E-state index is 0.100. The summed E-state index contributed by atoms with van der Waals surface area (Å²) in [5.41, 5.74) is 5.72. The van der Waals surface area contributed by atoms with Gasteiger partial charge < -0.3 is 14.2 Å². The van der Waals surface area contributed by atoms with Crippen molar-refractivity contribution in [2.45, 2.75) is 20.4 Å². The number of aryl methyl sites for hydroxylation is 1. The first-order valence-electron chi connectivity index (χ1n) is 9.15. The van der Waals surface area contributed by atoms with E-state index in [1.165, 1.54) is 22.3 Å². The van der Waals surface area contributed by atoms with Gasteiger partial charge in [-0.2, -0.15) is 0 Å². The maximum atomic E-state index is 12.8. The van der Waals surface area contributed by atoms with Gasteiger partial charge in [-0.25, -0.2) is 0 Å². The number of fused-ring (bicyclic) bond motifs is 1. The van der Waals surface area contributed by atoms with Crippen molar-refractivity contribution in [2.24, 2.45) is 0 Å². The van der Waals surface area contributed by atoms with Crippen LogP contribution in [0.1, 0.15) is 27.2 Å². The predicted octanol–water partition coefficient (Wildman–Crippen LogP) is 3.78. The smallest absolute Gasteiger partial charge is 0.254 e. The molecule has 0 unspecified atom stereocenters. The van der Waals surface area contributed by atoms with E-state index in [2.05, 4.69) is 54.8 Å². The van der Waals surface area contributed by atoms with Gasteiger partial charge in [0.25, 0.3) is 5.91 Å². The van der Waals surface area contributed by atoms with Crippen molar-refractivity contribution in [3.63, 3.8) is 0 Å². The van der Waals surface area contributed by atoms with Crippen LogP contribution in [0.25, 0.3) is 10.9 Å². The van der Waals surface area contributed by atoms with Crippen LogP contribution in [0, 0.1) is 13.8 Å². The molecule has 134 valence electrons. The molecular formula is C22H24N2O2. The maximum Gasteiger partial charge on any atom is 0.254 e. The molecule has 4 heteroatoms. The first-order chi connectivity index (χ1) is 12.6. The van der Waals surface area contributed by atoms with Crippen molar-refractivity contribution in [1.82, 2.24) is 9.47 Å². The first-order valence-corrected chi connectivity index (χ1v) is 9.15. The summed E-state index contributed by atoms with van der Waals surface area (Å²) >= 11 is 0. The largest absolute Gasteiger partial charge is 0.378 e. The lowest BCUT2D eigenvalue weighted by atomic mass is 10.1. The van der Waals surface area contributed by atoms with E-state index in [0.29, 0.717) is 26.3 Å². The Morgan fingerprint density at radius 1 is 1.04 bits per heavy atom. The molecule has 3 aromatic rings. The van der Waals surface area contributed by atoms with Crippen LogP contribution in [0.5, 0.6) is 0 Å². The maximum absolute atomic E-state index is 12.8. The second kappa shape index (κ2) is 6.96. The third-order valence-corrected chi connectivity index (χ3v) is 5.37. The summed E-state index contributed by atoms with van der Waals surface area (Å²) in [5, 5.41) is 1.16. The fourth-order valence-electron chi connectivity index (χ4n) is 3.70. The van der Waals surface area contributed by atoms with Crippen LogP contribution in [0.3, 0.4) is 0 Å². The zero-order valence-electron chi connectivity index (χ0n) is 15.4. The van der Waals surface area contributed by atoms with Gasteiger partial charge in [0, 0.05) is 41.8 Å². The third-order valence-electron chi connectivity index (χ3n) is 5.37. The molecule has 4 nitrogen and oxygen atoms in total. The van der Waals surface area contributed by atoms with E-state index in [1.54, 1.807) is 0 Å². The molecule has 0 saturated carbocycles. The zero-order chi connectivity index (χ0) is 18.1. The molecule has 1 saturated heterocycles. The highest BCUT2D eigenvalue weighted by Gasteiger charge is 2.20. The van der Waals surface area contributed by atoms with Gasteiger partial charge in [0.2, 0.25) is 0 Å². The van der Waals surface area contributed by atoms with E-state index >= 15 is 0 Å². The van der Waals surface area contributed by atoms with Gasteiger partial charge in [-0.05, 0) is 43.2 Å². The van der Waals surface area contributed by atoms with Crippen molar-refractivity contribution in [1.29, 1.82) is 0 Å². The standard InChI is InChI=1S/C22H24N2O2/c1-16-17(2)24(15-18-6-4-3-5-7-18)21-9-8-19(14-20(16)21)22(25)23-10-12-26-13-11-23/h3-9,14H,10-13,15H2,1-2H3. The van der Waals surface area contributed by atoms with Crippen LogP contribution in [0.15, 0.2) is 48.5 Å². The number of carbonyl (C=O) groups excluding carboxylic acids is 1. The molecule has 26 heavy (non-hydrogen) atoms. The summed E-state index contributed by atoms with van der Waals surface area (Å²) in [6.45, 7) is 7.73. The lowest BCUT2D eigenvalue weighted by Crippen LogP contribution is -2.40. The highest BCUT2D eigenvalue weighted by atomic mass is 16.5. The van der Waals surface area contributed by atoms with Crippen molar-refractivity contribution in [2.75, 3.05) is 26.3 Å². The van der Waals surface area contributed by atoms with Crippen LogP contribution < -0.4 is 0 Å². The second-order valence-corrected chi connectivity index (χ2v) is 6.92. The lowest BCUT2D eigenvalue weighted by Gasteiger charge is -2.26. The minimum atomic E-state index is 0.100. The Labute approximate surface area is 154 Å². The molecule has 1 aliphatic heterocycles. The first kappa shape index (κ1) is 16.9. The molecular weight excluding hydrogens is 324 g/mol. The van der Waals surface area contributed by atoms with Crippen LogP contribution >= 0.6 is 0 Å². The molecule has 0 aliphatic carbocycles. The molecule has 1 aliphatic rings. The number of hydrogen-bond acceptors (Lipinski definition) is 2. The molecule has 0 spiro atoms. The molecule has 1 aromatic heterocycles. The average molecular weight is 348 g/mol. The van der Waals surface area contributed by atoms with E-state index < -0.39 is 0 Å². The number of morpholine rings is 1. The number of ether oxygens (including phenoxy) is 1. The Balaban J connectivity index is 1.70. The van der Waals surface area contributed by atoms with Crippen LogP contribution in [0.4, 0.5) is 0 Å². The number of hydrogen-bond donors (Lipinski definition) is 0. The van der Waals surface area contributed by atoms with Crippen molar-refractivity contribution >= 4 is 16.8 Å². The molecule has 0 N–H and O–H groups in total. The van der Waals surface area contributed by atoms with Crippen LogP contribution in [-0.4, -0.2) is 41.7 Å². The van der Waals surface area contributed by atoms with Crippen LogP contribution in [-0.2, 0) is 11.3 Å². The topological polar surface area (TPSA) is 34.5 Å². The zero-order valence-corrected chi connectivity index (χ0v) is 15.4. The molecule has 2 aromatic carbocycles. The highest BCUT2D eigenvalue weighted by molar-refractivity contribution is 5.99. The lowest BCUT2D eigenvalue weighted by molar-refractivity contribution is 0.0303. The number of carbonyl (C=O) groups is 1. The Hall–Kier alpha value is -2.59. The summed E-state index contributed by atoms with van der Waals surface area (Å²) in [4.78, 5) is 14.7. The monoisotopic (exact) mass is 348 g/mol. The second-order valence-electron chi connectivity index (χ2n) is 6.92. The predicted molar refractivity (Wildman–Crippen MR) is 104 cm³/mol. The number of aromatic nitrogens is 1. The Bertz CT molecular complexity index is 938. The molecule has 0 radical (unpaired) electrons. The molecule has 0 bridgehead atoms. The minimum Gasteiger partial charge on any atom is -0.378 e. The van der Waals surface area contributed by atoms with E-state index in [0.717, 1.165) is 17.5 Å². The van der Waals surface area contributed by atoms with E-state index in [9.17, 15) is 4.79 Å². The summed E-state index contributed by atoms with van der Waals surface area (Å²) in [7, 11) is 0. The van der Waals surface area contributed by atoms with Gasteiger partial charge >= 0.3 is 0 Å². The molecule has 0 atom stereocenters. The molecule has 1 amide bonds. The van der Waals surface area contributed by atoms with E-state index in [-0.39, 0.29) is 5.91 Å². The highest BCUT2D eigenvalue weighted by Crippen LogP contribution is 2.27. The fraction of sp³-hybridized carbons (Fsp3) is 0.318.